The van der Waals surface area contributed by atoms with E-state index in [1.54, 1.807) is 0 Å². The molecule has 1 saturated heterocycles. The molecule has 0 spiro atoms. The van der Waals surface area contributed by atoms with Crippen LogP contribution in [0.5, 0.6) is 0 Å². The van der Waals surface area contributed by atoms with Crippen molar-refractivity contribution >= 4 is 50.6 Å². The van der Waals surface area contributed by atoms with E-state index in [2.05, 4.69) is 21.5 Å². The lowest BCUT2D eigenvalue weighted by molar-refractivity contribution is 0.309. The Morgan fingerprint density at radius 2 is 0.778 bits per heavy atom. The maximum Gasteiger partial charge on any atom is 1.00 e. The second kappa shape index (κ2) is 35.9. The topological polar surface area (TPSA) is 425 Å². The third kappa shape index (κ3) is 70.7. The van der Waals surface area contributed by atoms with Crippen LogP contribution in [0.25, 0.3) is 0 Å². The van der Waals surface area contributed by atoms with Crippen molar-refractivity contribution in [2.24, 2.45) is 17.2 Å². The van der Waals surface area contributed by atoms with Crippen LogP contribution < -0.4 is 23.4 Å². The van der Waals surface area contributed by atoms with Crippen molar-refractivity contribution in [2.45, 2.75) is 0 Å². The highest BCUT2D eigenvalue weighted by Crippen LogP contribution is 1.88. The van der Waals surface area contributed by atoms with E-state index in [1.807, 2.05) is 0 Å². The van der Waals surface area contributed by atoms with E-state index < -0.39 is 63.8 Å². The quantitative estimate of drug-likeness (QED) is 0.0374. The zero-order chi connectivity index (χ0) is 34.5. The number of epoxide rings is 1. The van der Waals surface area contributed by atoms with Crippen LogP contribution in [0.3, 0.4) is 0 Å². The van der Waals surface area contributed by atoms with Gasteiger partial charge in [-0.1, -0.05) is 0 Å². The van der Waals surface area contributed by atoms with Crippen molar-refractivity contribution in [3.63, 3.8) is 0 Å². The van der Waals surface area contributed by atoms with Crippen molar-refractivity contribution in [1.82, 2.24) is 6.15 Å². The van der Waals surface area contributed by atoms with Gasteiger partial charge < -0.3 is 43.8 Å². The third-order valence-electron chi connectivity index (χ3n) is 3.01. The van der Waals surface area contributed by atoms with Crippen molar-refractivity contribution in [1.29, 1.82) is 0 Å². The summed E-state index contributed by atoms with van der Waals surface area (Å²) < 4.78 is 130. The molecule has 0 unspecified atom stereocenters. The summed E-state index contributed by atoms with van der Waals surface area (Å²) >= 11 is 0. The molecule has 28 heteroatoms. The molecule has 45 heavy (non-hydrogen) atoms. The highest BCUT2D eigenvalue weighted by molar-refractivity contribution is 7.87. The number of aliphatic hydroxyl groups excluding tert-OH is 2. The summed E-state index contributed by atoms with van der Waals surface area (Å²) in [7, 11) is -12.9. The summed E-state index contributed by atoms with van der Waals surface area (Å²) in [4.78, 5) is 0. The molecule has 0 aromatic carbocycles. The number of hydrogen-bond acceptors (Lipinski definition) is 21. The van der Waals surface area contributed by atoms with Crippen LogP contribution in [0.4, 0.5) is 0 Å². The zero-order valence-electron chi connectivity index (χ0n) is 26.9. The van der Waals surface area contributed by atoms with Crippen molar-refractivity contribution < 1.29 is 85.2 Å². The Morgan fingerprint density at radius 3 is 0.822 bits per heavy atom. The van der Waals surface area contributed by atoms with Gasteiger partial charge in [-0.25, -0.2) is 0 Å². The Labute approximate surface area is 269 Å². The number of nitrogens with two attached hydrogens (primary N) is 3. The van der Waals surface area contributed by atoms with Gasteiger partial charge >= 0.3 is 1.43 Å². The molecule has 1 aliphatic rings. The minimum Gasteiger partial charge on any atom is -0.412 e. The molecule has 0 radical (unpaired) electrons. The van der Waals surface area contributed by atoms with Crippen LogP contribution in [0, 0.1) is 7.43 Å². The first-order chi connectivity index (χ1) is 19.0. The van der Waals surface area contributed by atoms with E-state index in [9.17, 15) is 42.1 Å². The number of ether oxygens (including phenoxy) is 1. The summed E-state index contributed by atoms with van der Waals surface area (Å²) in [5.41, 5.74) is 14.6. The lowest BCUT2D eigenvalue weighted by atomic mass is 10.8. The Morgan fingerprint density at radius 1 is 0.578 bits per heavy atom. The van der Waals surface area contributed by atoms with Crippen molar-refractivity contribution in [3.8, 4) is 0 Å². The SMILES string of the molecule is C1CO1.COS(=O)(=O)CCN.COS(=O)(=O)CCN.COS(=O)(=O)CCO.COS(=O)(=O)CCO.N.NCCS(=O)(=O)O.O.[CH3+].[H+]. The van der Waals surface area contributed by atoms with Gasteiger partial charge in [-0.05, 0) is 0 Å². The standard InChI is InChI=1S/2C3H9NO3S.2C3H8O4S.C2H7NO3S.C2H4O.CH3.H3N.H2O/c4*1-7-8(5,6)3-2-4;3-1-2-7(4,5)6;1-2-3-1;;;/h2*2-4H2,1H3;2*4H,2-3H2,1H3;1-3H2,(H,4,5,6);1-2H2;2*1H3;1H2/q;;;;;;+1;;/p+1. The highest BCUT2D eigenvalue weighted by Gasteiger charge is 2.06. The molecule has 1 aliphatic heterocycles. The summed E-state index contributed by atoms with van der Waals surface area (Å²) in [5.74, 6) is -1.23. The molecule has 0 saturated carbocycles. The zero-order valence-corrected chi connectivity index (χ0v) is 30.0. The fraction of sp³-hybridized carbons (Fsp3) is 0.941. The van der Waals surface area contributed by atoms with Crippen LogP contribution in [-0.4, -0.2) is 166 Å². The van der Waals surface area contributed by atoms with Crippen LogP contribution >= 0.6 is 0 Å². The summed E-state index contributed by atoms with van der Waals surface area (Å²) in [5, 5.41) is 16.1. The Kier molecular flexibility index (Phi) is 50.2. The molecule has 284 valence electrons. The van der Waals surface area contributed by atoms with Gasteiger partial charge in [0.25, 0.3) is 50.6 Å². The van der Waals surface area contributed by atoms with Gasteiger partial charge in [0, 0.05) is 27.1 Å². The number of rotatable bonds is 14. The maximum absolute atomic E-state index is 10.3. The van der Waals surface area contributed by atoms with E-state index in [-0.39, 0.29) is 68.9 Å². The molecule has 14 N–H and O–H groups in total. The number of hydrogen-bond donors (Lipinski definition) is 7. The minimum atomic E-state index is -3.80. The molecule has 0 aromatic rings. The van der Waals surface area contributed by atoms with Gasteiger partial charge in [0.05, 0.1) is 83.6 Å². The summed E-state index contributed by atoms with van der Waals surface area (Å²) in [6.45, 7) is 1.40. The molecule has 0 atom stereocenters. The van der Waals surface area contributed by atoms with Gasteiger partial charge in [0.1, 0.15) is 0 Å². The smallest absolute Gasteiger partial charge is 0.412 e. The predicted molar refractivity (Wildman–Crippen MR) is 168 cm³/mol. The van der Waals surface area contributed by atoms with E-state index in [0.717, 1.165) is 41.7 Å². The number of aliphatic hydroxyl groups is 2. The van der Waals surface area contributed by atoms with Gasteiger partial charge in [0.2, 0.25) is 0 Å². The predicted octanol–water partition coefficient (Wildman–Crippen LogP) is -5.50. The molecule has 0 aromatic heterocycles. The maximum atomic E-state index is 10.3. The first-order valence-electron chi connectivity index (χ1n) is 11.0. The second-order valence-electron chi connectivity index (χ2n) is 6.43. The molecule has 23 nitrogen and oxygen atoms in total. The fourth-order valence-electron chi connectivity index (χ4n) is 0.995. The lowest BCUT2D eigenvalue weighted by Crippen LogP contribution is -2.16. The van der Waals surface area contributed by atoms with E-state index >= 15 is 0 Å². The lowest BCUT2D eigenvalue weighted by Gasteiger charge is -1.94. The molecule has 0 bridgehead atoms. The van der Waals surface area contributed by atoms with E-state index in [4.69, 9.17) is 32.0 Å². The average molecular weight is 779 g/mol. The van der Waals surface area contributed by atoms with Gasteiger partial charge in [-0.2, -0.15) is 42.1 Å². The largest absolute Gasteiger partial charge is 1.00 e. The molecule has 1 fully saturated rings. The van der Waals surface area contributed by atoms with Gasteiger partial charge in [-0.3, -0.25) is 21.3 Å². The van der Waals surface area contributed by atoms with Crippen LogP contribution in [-0.2, 0) is 72.1 Å². The van der Waals surface area contributed by atoms with Crippen molar-refractivity contribution in [3.05, 3.63) is 7.43 Å². The first kappa shape index (κ1) is 62.9. The molecule has 0 amide bonds. The average Bonchev–Trinajstić information content (AvgIpc) is 3.75. The summed E-state index contributed by atoms with van der Waals surface area (Å²) in [6, 6.07) is 0. The van der Waals surface area contributed by atoms with E-state index in [0.29, 0.717) is 0 Å². The fourth-order valence-corrected chi connectivity index (χ4v) is 2.98. The summed E-state index contributed by atoms with van der Waals surface area (Å²) in [6.07, 6.45) is 0. The first-order valence-corrected chi connectivity index (χ1v) is 18.9. The van der Waals surface area contributed by atoms with Crippen LogP contribution in [0.2, 0.25) is 0 Å². The normalized spacial score (nSPS) is 11.8. The molecular weight excluding hydrogens is 725 g/mol. The van der Waals surface area contributed by atoms with Crippen LogP contribution in [0.15, 0.2) is 0 Å². The van der Waals surface area contributed by atoms with E-state index in [1.165, 1.54) is 0 Å². The Hall–Kier alpha value is -0.900. The minimum absolute atomic E-state index is 0. The van der Waals surface area contributed by atoms with Gasteiger partial charge in [-0.15, -0.1) is 0 Å². The molecular formula is C17H54N4O19S5+2. The highest BCUT2D eigenvalue weighted by atomic mass is 32.2. The molecule has 0 aliphatic carbocycles. The van der Waals surface area contributed by atoms with Crippen LogP contribution in [0.1, 0.15) is 1.43 Å². The molecule has 1 heterocycles. The van der Waals surface area contributed by atoms with Gasteiger partial charge in [0.15, 0.2) is 0 Å². The monoisotopic (exact) mass is 778 g/mol. The Balaban J connectivity index is -0.0000000508. The second-order valence-corrected chi connectivity index (χ2v) is 15.4. The molecule has 1 rings (SSSR count). The van der Waals surface area contributed by atoms with Crippen molar-refractivity contribution in [2.75, 3.05) is 103 Å². The third-order valence-corrected chi connectivity index (χ3v) is 8.63. The Bertz CT molecular complexity index is 1010.